The zero-order chi connectivity index (χ0) is 48.9. The molecule has 0 radical (unpaired) electrons. The number of benzene rings is 2. The fourth-order valence-corrected chi connectivity index (χ4v) is 15.0. The van der Waals surface area contributed by atoms with Crippen LogP contribution in [0, 0.1) is 34.5 Å². The number of carbonyl (C=O) groups excluding carboxylic acids is 1. The minimum atomic E-state index is -1.15. The molecule has 2 aromatic rings. The second-order valence-corrected chi connectivity index (χ2v) is 22.5. The predicted molar refractivity (Wildman–Crippen MR) is 251 cm³/mol. The Bertz CT molecular complexity index is 2270. The molecule has 22 atom stereocenters. The first-order valence-corrected chi connectivity index (χ1v) is 26.0. The van der Waals surface area contributed by atoms with Crippen LogP contribution >= 0.6 is 0 Å². The van der Waals surface area contributed by atoms with Gasteiger partial charge in [-0.25, -0.2) is 4.79 Å². The largest absolute Gasteiger partial charge is 0.507 e. The number of rotatable bonds is 9. The van der Waals surface area contributed by atoms with Crippen molar-refractivity contribution in [3.05, 3.63) is 83.1 Å². The molecule has 15 nitrogen and oxygen atoms in total. The van der Waals surface area contributed by atoms with Gasteiger partial charge in [-0.15, -0.1) is 0 Å². The summed E-state index contributed by atoms with van der Waals surface area (Å²) >= 11 is 0. The van der Waals surface area contributed by atoms with Crippen molar-refractivity contribution in [3.8, 4) is 5.75 Å². The van der Waals surface area contributed by atoms with E-state index in [1.54, 1.807) is 24.3 Å². The number of cyclic esters (lactones) is 1. The first-order valence-electron chi connectivity index (χ1n) is 26.0. The molecular formula is C55H72O15. The molecule has 5 N–H and O–H groups in total. The molecule has 0 aromatic heterocycles. The third-order valence-electron chi connectivity index (χ3n) is 18.8. The molecule has 0 spiro atoms. The maximum absolute atomic E-state index is 13.0. The van der Waals surface area contributed by atoms with E-state index in [0.717, 1.165) is 37.7 Å². The Morgan fingerprint density at radius 1 is 0.686 bits per heavy atom. The van der Waals surface area contributed by atoms with Crippen LogP contribution in [0.15, 0.2) is 72.0 Å². The maximum atomic E-state index is 13.0. The Hall–Kier alpha value is -3.29. The quantitative estimate of drug-likeness (QED) is 0.131. The Morgan fingerprint density at radius 2 is 1.34 bits per heavy atom. The number of hydrogen-bond acceptors (Lipinski definition) is 15. The summed E-state index contributed by atoms with van der Waals surface area (Å²) in [6.07, 6.45) is 1.51. The molecule has 0 amide bonds. The second-order valence-electron chi connectivity index (χ2n) is 22.5. The first kappa shape index (κ1) is 48.9. The molecule has 15 heteroatoms. The lowest BCUT2D eigenvalue weighted by molar-refractivity contribution is -0.334. The maximum Gasteiger partial charge on any atom is 0.336 e. The van der Waals surface area contributed by atoms with Crippen molar-refractivity contribution in [2.45, 2.75) is 203 Å². The van der Waals surface area contributed by atoms with E-state index in [4.69, 9.17) is 42.6 Å². The number of aliphatic hydroxyl groups is 4. The van der Waals surface area contributed by atoms with Gasteiger partial charge in [-0.3, -0.25) is 0 Å². The number of carbonyl (C=O) groups is 1. The van der Waals surface area contributed by atoms with E-state index in [-0.39, 0.29) is 66.2 Å². The number of para-hydroxylation sites is 1. The summed E-state index contributed by atoms with van der Waals surface area (Å²) in [6.45, 7) is 10.00. The van der Waals surface area contributed by atoms with E-state index >= 15 is 0 Å². The summed E-state index contributed by atoms with van der Waals surface area (Å²) in [4.78, 5) is 12.8. The SMILES string of the molecule is CC1O[C@@H](O[C@H]2CC[C@@]3(C)[C@H](CC[C@@H]4[C@@H]3C[C@@H](O)[C@]3(C)[C@@H](C5=CC(=O)OC5=Cc5ccccc5O)CC[C@]43O)C2)C[C@@H](O)C1O[C@@H]1C[C@@H](O)C(O[C@H]2C[C@H]3OC(c4ccccc4)OC3C(C)O2)C(C)O1. The van der Waals surface area contributed by atoms with Crippen LogP contribution in [0.1, 0.15) is 123 Å². The van der Waals surface area contributed by atoms with Crippen LogP contribution in [-0.4, -0.2) is 123 Å². The van der Waals surface area contributed by atoms with Gasteiger partial charge in [-0.05, 0) is 113 Å². The van der Waals surface area contributed by atoms with E-state index in [1.807, 2.05) is 64.1 Å². The molecule has 0 bridgehead atoms. The van der Waals surface area contributed by atoms with Gasteiger partial charge in [0.05, 0.1) is 54.4 Å². The van der Waals surface area contributed by atoms with Gasteiger partial charge >= 0.3 is 5.97 Å². The number of esters is 1. The molecule has 5 aliphatic heterocycles. The normalized spacial score (nSPS) is 48.5. The Kier molecular flexibility index (Phi) is 13.2. The Morgan fingerprint density at radius 3 is 2.04 bits per heavy atom. The minimum Gasteiger partial charge on any atom is -0.507 e. The summed E-state index contributed by atoms with van der Waals surface area (Å²) in [5.74, 6) is 0.0334. The summed E-state index contributed by atoms with van der Waals surface area (Å²) in [5, 5.41) is 58.6. The van der Waals surface area contributed by atoms with E-state index < -0.39 is 84.9 Å². The molecule has 5 heterocycles. The number of fused-ring (bicyclic) bond motifs is 6. The van der Waals surface area contributed by atoms with E-state index in [2.05, 4.69) is 6.92 Å². The fourth-order valence-electron chi connectivity index (χ4n) is 15.0. The van der Waals surface area contributed by atoms with Crippen LogP contribution in [0.5, 0.6) is 5.75 Å². The van der Waals surface area contributed by atoms with Gasteiger partial charge in [0.25, 0.3) is 0 Å². The van der Waals surface area contributed by atoms with E-state index in [1.165, 1.54) is 6.08 Å². The van der Waals surface area contributed by atoms with Crippen molar-refractivity contribution in [3.63, 3.8) is 0 Å². The topological polar surface area (TPSA) is 201 Å². The standard InChI is InChI=1S/C55H72O15/c1-28-49(68-47-26-41(58)50(29(2)63-47)69-48-27-43-51(30(3)64-48)70-52(67-43)31-11-7-6-8-12-31)40(57)25-46(62-28)65-34-17-19-53(4)33(22-34)15-16-37-38(53)24-44(59)54(5)36(18-20-55(37,54)61)35-23-45(60)66-42(35)21-32-13-9-10-14-39(32)56/h6-14,21,23,28-30,33-34,36-38,40-41,43-44,46-52,56-59,61H,15-20,22,24-27H2,1-5H3/t28?,29?,30?,33-,34+,36-,37-,38+,40-,41-,43-,44-,46+,47-,48+,49?,50?,51?,52?,53+,54+,55+/m1/s1. The smallest absolute Gasteiger partial charge is 0.336 e. The van der Waals surface area contributed by atoms with Crippen LogP contribution in [0.25, 0.3) is 6.08 Å². The number of aromatic hydroxyl groups is 1. The van der Waals surface area contributed by atoms with Gasteiger partial charge in [0, 0.05) is 47.5 Å². The van der Waals surface area contributed by atoms with Gasteiger partial charge in [-0.1, -0.05) is 62.4 Å². The first-order chi connectivity index (χ1) is 33.5. The molecule has 11 rings (SSSR count). The average Bonchev–Trinajstić information content (AvgIpc) is 4.01. The van der Waals surface area contributed by atoms with Gasteiger partial charge in [0.1, 0.15) is 29.8 Å². The lowest BCUT2D eigenvalue weighted by atomic mass is 9.42. The third kappa shape index (κ3) is 8.51. The molecule has 4 saturated carbocycles. The van der Waals surface area contributed by atoms with E-state index in [0.29, 0.717) is 48.5 Å². The van der Waals surface area contributed by atoms with Gasteiger partial charge in [0.2, 0.25) is 0 Å². The number of phenolic OH excluding ortho intramolecular Hbond substituents is 1. The van der Waals surface area contributed by atoms with Crippen molar-refractivity contribution < 1.29 is 73.0 Å². The Labute approximate surface area is 410 Å². The third-order valence-corrected chi connectivity index (χ3v) is 18.8. The van der Waals surface area contributed by atoms with Gasteiger partial charge in [-0.2, -0.15) is 0 Å². The van der Waals surface area contributed by atoms with Crippen molar-refractivity contribution in [1.29, 1.82) is 0 Å². The highest BCUT2D eigenvalue weighted by Crippen LogP contribution is 2.70. The molecule has 2 aromatic carbocycles. The molecular weight excluding hydrogens is 901 g/mol. The van der Waals surface area contributed by atoms with E-state index in [9.17, 15) is 30.3 Å². The number of aliphatic hydroxyl groups excluding tert-OH is 3. The fraction of sp³-hybridized carbons (Fsp3) is 0.691. The highest BCUT2D eigenvalue weighted by atomic mass is 16.8. The van der Waals surface area contributed by atoms with Gasteiger partial charge in [0.15, 0.2) is 25.2 Å². The summed E-state index contributed by atoms with van der Waals surface area (Å²) in [7, 11) is 0. The predicted octanol–water partition coefficient (Wildman–Crippen LogP) is 6.73. The Balaban J connectivity index is 0.672. The molecule has 8 fully saturated rings. The number of ether oxygens (including phenoxy) is 9. The highest BCUT2D eigenvalue weighted by Gasteiger charge is 2.71. The second kappa shape index (κ2) is 18.9. The lowest BCUT2D eigenvalue weighted by Crippen LogP contribution is -2.67. The van der Waals surface area contributed by atoms with Crippen LogP contribution < -0.4 is 0 Å². The minimum absolute atomic E-state index is 0.0204. The van der Waals surface area contributed by atoms with Crippen LogP contribution in [0.4, 0.5) is 0 Å². The molecule has 4 saturated heterocycles. The van der Waals surface area contributed by atoms with Crippen molar-refractivity contribution >= 4 is 12.0 Å². The molecule has 9 aliphatic rings. The number of hydrogen-bond donors (Lipinski definition) is 5. The molecule has 4 aliphatic carbocycles. The van der Waals surface area contributed by atoms with Gasteiger partial charge < -0.3 is 68.2 Å². The monoisotopic (exact) mass is 972 g/mol. The van der Waals surface area contributed by atoms with Crippen LogP contribution in [0.2, 0.25) is 0 Å². The zero-order valence-electron chi connectivity index (χ0n) is 40.9. The van der Waals surface area contributed by atoms with Crippen molar-refractivity contribution in [2.75, 3.05) is 0 Å². The number of allylic oxidation sites excluding steroid dienone is 1. The lowest BCUT2D eigenvalue weighted by Gasteiger charge is -2.65. The molecule has 70 heavy (non-hydrogen) atoms. The van der Waals surface area contributed by atoms with Crippen molar-refractivity contribution in [2.24, 2.45) is 34.5 Å². The summed E-state index contributed by atoms with van der Waals surface area (Å²) in [5.41, 5.74) is -0.0318. The molecule has 382 valence electrons. The average molecular weight is 973 g/mol. The van der Waals surface area contributed by atoms with Crippen LogP contribution in [-0.2, 0) is 47.4 Å². The molecule has 7 unspecified atom stereocenters. The zero-order valence-corrected chi connectivity index (χ0v) is 40.9. The summed E-state index contributed by atoms with van der Waals surface area (Å²) in [6, 6.07) is 16.7. The summed E-state index contributed by atoms with van der Waals surface area (Å²) < 4.78 is 56.5. The van der Waals surface area contributed by atoms with Crippen LogP contribution in [0.3, 0.4) is 0 Å². The van der Waals surface area contributed by atoms with Crippen molar-refractivity contribution in [1.82, 2.24) is 0 Å². The number of phenols is 1. The highest BCUT2D eigenvalue weighted by molar-refractivity contribution is 5.90.